The van der Waals surface area contributed by atoms with Crippen molar-refractivity contribution in [1.82, 2.24) is 24.7 Å². The molecular weight excluding hydrogens is 388 g/mol. The molecule has 0 spiro atoms. The number of anilines is 1. The molecule has 3 aromatic heterocycles. The molecule has 9 heteroatoms. The quantitative estimate of drug-likeness (QED) is 0.601. The number of aryl methyl sites for hydroxylation is 2. The van der Waals surface area contributed by atoms with E-state index in [1.54, 1.807) is 0 Å². The van der Waals surface area contributed by atoms with Gasteiger partial charge in [0.25, 0.3) is 0 Å². The summed E-state index contributed by atoms with van der Waals surface area (Å²) < 4.78 is 7.46. The third-order valence-corrected chi connectivity index (χ3v) is 6.51. The lowest BCUT2D eigenvalue weighted by atomic mass is 10.1. The second kappa shape index (κ2) is 7.37. The van der Waals surface area contributed by atoms with Crippen molar-refractivity contribution in [2.45, 2.75) is 60.0 Å². The molecule has 3 aromatic rings. The Balaban J connectivity index is 1.82. The number of rotatable bonds is 4. The largest absolute Gasteiger partial charge is 0.462 e. The molecule has 154 valence electrons. The summed E-state index contributed by atoms with van der Waals surface area (Å²) in [5.41, 5.74) is 0.876. The first-order valence-electron chi connectivity index (χ1n) is 9.97. The van der Waals surface area contributed by atoms with Crippen LogP contribution in [0.2, 0.25) is 0 Å². The SMILES string of the molecule is CCOC(=O)c1sc2nc(C)nc(N3CCn4c(C(C)C)nnc4C3C)c2c1C. The van der Waals surface area contributed by atoms with Crippen molar-refractivity contribution in [1.29, 1.82) is 0 Å². The van der Waals surface area contributed by atoms with E-state index in [1.165, 1.54) is 11.3 Å². The summed E-state index contributed by atoms with van der Waals surface area (Å²) in [7, 11) is 0. The van der Waals surface area contributed by atoms with Crippen LogP contribution in [-0.4, -0.2) is 43.9 Å². The fraction of sp³-hybridized carbons (Fsp3) is 0.550. The van der Waals surface area contributed by atoms with Crippen LogP contribution < -0.4 is 4.90 Å². The smallest absolute Gasteiger partial charge is 0.348 e. The maximum atomic E-state index is 12.4. The summed E-state index contributed by atoms with van der Waals surface area (Å²) >= 11 is 1.37. The van der Waals surface area contributed by atoms with Gasteiger partial charge in [-0.05, 0) is 33.3 Å². The first kappa shape index (κ1) is 19.8. The fourth-order valence-electron chi connectivity index (χ4n) is 3.94. The molecule has 0 radical (unpaired) electrons. The van der Waals surface area contributed by atoms with E-state index in [4.69, 9.17) is 9.72 Å². The zero-order valence-corrected chi connectivity index (χ0v) is 18.5. The number of esters is 1. The second-order valence-corrected chi connectivity index (χ2v) is 8.64. The molecule has 29 heavy (non-hydrogen) atoms. The van der Waals surface area contributed by atoms with E-state index in [9.17, 15) is 4.79 Å². The Hall–Kier alpha value is -2.55. The normalized spacial score (nSPS) is 16.5. The molecule has 1 atom stereocenters. The Morgan fingerprint density at radius 3 is 2.69 bits per heavy atom. The maximum Gasteiger partial charge on any atom is 0.348 e. The monoisotopic (exact) mass is 414 g/mol. The Bertz CT molecular complexity index is 1090. The Labute approximate surface area is 173 Å². The van der Waals surface area contributed by atoms with Crippen molar-refractivity contribution < 1.29 is 9.53 Å². The number of hydrogen-bond acceptors (Lipinski definition) is 8. The van der Waals surface area contributed by atoms with Gasteiger partial charge in [0.15, 0.2) is 5.82 Å². The van der Waals surface area contributed by atoms with Crippen LogP contribution in [0, 0.1) is 13.8 Å². The number of hydrogen-bond donors (Lipinski definition) is 0. The summed E-state index contributed by atoms with van der Waals surface area (Å²) in [6.45, 7) is 14.0. The summed E-state index contributed by atoms with van der Waals surface area (Å²) in [6.07, 6.45) is 0. The number of carbonyl (C=O) groups excluding carboxylic acids is 1. The maximum absolute atomic E-state index is 12.4. The number of nitrogens with zero attached hydrogens (tertiary/aromatic N) is 6. The van der Waals surface area contributed by atoms with Crippen molar-refractivity contribution in [3.63, 3.8) is 0 Å². The molecule has 4 rings (SSSR count). The van der Waals surface area contributed by atoms with Crippen molar-refractivity contribution in [2.24, 2.45) is 0 Å². The van der Waals surface area contributed by atoms with Gasteiger partial charge in [-0.3, -0.25) is 0 Å². The lowest BCUT2D eigenvalue weighted by Crippen LogP contribution is -2.38. The summed E-state index contributed by atoms with van der Waals surface area (Å²) in [4.78, 5) is 25.4. The molecular formula is C20H26N6O2S. The van der Waals surface area contributed by atoms with Gasteiger partial charge in [-0.15, -0.1) is 21.5 Å². The predicted octanol–water partition coefficient (Wildman–Crippen LogP) is 3.78. The van der Waals surface area contributed by atoms with Gasteiger partial charge >= 0.3 is 5.97 Å². The van der Waals surface area contributed by atoms with E-state index in [0.29, 0.717) is 23.2 Å². The van der Waals surface area contributed by atoms with Gasteiger partial charge in [-0.1, -0.05) is 13.8 Å². The van der Waals surface area contributed by atoms with Gasteiger partial charge in [0.2, 0.25) is 0 Å². The fourth-order valence-corrected chi connectivity index (χ4v) is 5.06. The Morgan fingerprint density at radius 1 is 1.24 bits per heavy atom. The van der Waals surface area contributed by atoms with Crippen LogP contribution in [0.4, 0.5) is 5.82 Å². The minimum absolute atomic E-state index is 0.0200. The van der Waals surface area contributed by atoms with Crippen molar-refractivity contribution in [3.8, 4) is 0 Å². The molecule has 0 fully saturated rings. The predicted molar refractivity (Wildman–Crippen MR) is 113 cm³/mol. The van der Waals surface area contributed by atoms with Crippen LogP contribution >= 0.6 is 11.3 Å². The van der Waals surface area contributed by atoms with Gasteiger partial charge < -0.3 is 14.2 Å². The molecule has 1 unspecified atom stereocenters. The Morgan fingerprint density at radius 2 is 2.00 bits per heavy atom. The zero-order chi connectivity index (χ0) is 20.9. The van der Waals surface area contributed by atoms with E-state index in [-0.39, 0.29) is 12.0 Å². The van der Waals surface area contributed by atoms with Gasteiger partial charge in [-0.25, -0.2) is 14.8 Å². The number of fused-ring (bicyclic) bond motifs is 2. The minimum Gasteiger partial charge on any atom is -0.462 e. The number of ether oxygens (including phenoxy) is 1. The molecule has 4 heterocycles. The van der Waals surface area contributed by atoms with E-state index < -0.39 is 0 Å². The molecule has 0 saturated heterocycles. The van der Waals surface area contributed by atoms with Crippen LogP contribution in [0.1, 0.15) is 72.4 Å². The average Bonchev–Trinajstić information content (AvgIpc) is 3.24. The van der Waals surface area contributed by atoms with Crippen molar-refractivity contribution >= 4 is 33.3 Å². The van der Waals surface area contributed by atoms with Crippen molar-refractivity contribution in [3.05, 3.63) is 27.9 Å². The minimum atomic E-state index is -0.301. The van der Waals surface area contributed by atoms with Gasteiger partial charge in [-0.2, -0.15) is 0 Å². The Kier molecular flexibility index (Phi) is 5.02. The standard InChI is InChI=1S/C20H26N6O2S/c1-7-28-20(27)15-11(4)14-18(21-13(6)22-19(14)29-15)25-8-9-26-16(10(2)3)23-24-17(26)12(25)5/h10,12H,7-9H2,1-6H3. The molecule has 0 amide bonds. The molecule has 8 nitrogen and oxygen atoms in total. The topological polar surface area (TPSA) is 86.0 Å². The molecule has 0 saturated carbocycles. The third kappa shape index (κ3) is 3.17. The van der Waals surface area contributed by atoms with Crippen molar-refractivity contribution in [2.75, 3.05) is 18.1 Å². The number of thiophene rings is 1. The van der Waals surface area contributed by atoms with Crippen LogP contribution in [0.15, 0.2) is 0 Å². The molecule has 0 bridgehead atoms. The van der Waals surface area contributed by atoms with Crippen LogP contribution in [0.3, 0.4) is 0 Å². The lowest BCUT2D eigenvalue weighted by molar-refractivity contribution is 0.0531. The van der Waals surface area contributed by atoms with E-state index in [2.05, 4.69) is 45.4 Å². The zero-order valence-electron chi connectivity index (χ0n) is 17.7. The van der Waals surface area contributed by atoms with Gasteiger partial charge in [0.05, 0.1) is 18.0 Å². The number of aromatic nitrogens is 5. The molecule has 1 aliphatic heterocycles. The highest BCUT2D eigenvalue weighted by atomic mass is 32.1. The molecule has 0 aromatic carbocycles. The average molecular weight is 415 g/mol. The summed E-state index contributed by atoms with van der Waals surface area (Å²) in [5.74, 6) is 3.53. The molecule has 1 aliphatic rings. The summed E-state index contributed by atoms with van der Waals surface area (Å²) in [5, 5.41) is 9.81. The second-order valence-electron chi connectivity index (χ2n) is 7.64. The highest BCUT2D eigenvalue weighted by molar-refractivity contribution is 7.20. The third-order valence-electron chi connectivity index (χ3n) is 5.35. The van der Waals surface area contributed by atoms with E-state index in [1.807, 2.05) is 20.8 Å². The van der Waals surface area contributed by atoms with E-state index in [0.717, 1.165) is 46.3 Å². The van der Waals surface area contributed by atoms with Crippen LogP contribution in [0.5, 0.6) is 0 Å². The molecule has 0 N–H and O–H groups in total. The van der Waals surface area contributed by atoms with Gasteiger partial charge in [0, 0.05) is 19.0 Å². The highest BCUT2D eigenvalue weighted by Gasteiger charge is 2.32. The molecule has 0 aliphatic carbocycles. The summed E-state index contributed by atoms with van der Waals surface area (Å²) in [6, 6.07) is 0.0200. The van der Waals surface area contributed by atoms with Crippen LogP contribution in [-0.2, 0) is 11.3 Å². The highest BCUT2D eigenvalue weighted by Crippen LogP contribution is 2.39. The lowest BCUT2D eigenvalue weighted by Gasteiger charge is -2.35. The first-order valence-corrected chi connectivity index (χ1v) is 10.8. The van der Waals surface area contributed by atoms with Gasteiger partial charge in [0.1, 0.15) is 27.2 Å². The van der Waals surface area contributed by atoms with E-state index >= 15 is 0 Å². The van der Waals surface area contributed by atoms with Crippen LogP contribution in [0.25, 0.3) is 10.2 Å². The number of carbonyl (C=O) groups is 1. The first-order chi connectivity index (χ1) is 13.8.